The molecular weight excluding hydrogens is 342 g/mol. The predicted molar refractivity (Wildman–Crippen MR) is 107 cm³/mol. The van der Waals surface area contributed by atoms with E-state index in [0.717, 1.165) is 16.3 Å². The van der Waals surface area contributed by atoms with E-state index in [1.165, 1.54) is 6.07 Å². The topological polar surface area (TPSA) is 75.5 Å². The van der Waals surface area contributed by atoms with E-state index in [0.29, 0.717) is 5.69 Å². The van der Waals surface area contributed by atoms with E-state index >= 15 is 0 Å². The molecule has 1 unspecified atom stereocenters. The van der Waals surface area contributed by atoms with Crippen LogP contribution in [0.15, 0.2) is 60.7 Å². The number of hydrogen-bond donors (Lipinski definition) is 1. The van der Waals surface area contributed by atoms with Gasteiger partial charge in [0.25, 0.3) is 11.6 Å². The number of benzene rings is 3. The van der Waals surface area contributed by atoms with Crippen molar-refractivity contribution in [2.24, 2.45) is 0 Å². The normalized spacial score (nSPS) is 11.8. The molecule has 0 fully saturated rings. The number of nitrogens with one attached hydrogen (secondary N) is 1. The van der Waals surface area contributed by atoms with Gasteiger partial charge in [0.2, 0.25) is 0 Å². The molecule has 0 bridgehead atoms. The van der Waals surface area contributed by atoms with Crippen LogP contribution in [0.4, 0.5) is 11.4 Å². The Morgan fingerprint density at radius 2 is 1.74 bits per heavy atom. The third-order valence-corrected chi connectivity index (χ3v) is 4.54. The van der Waals surface area contributed by atoms with Crippen LogP contribution in [0.1, 0.15) is 28.9 Å². The van der Waals surface area contributed by atoms with E-state index in [-0.39, 0.29) is 23.2 Å². The monoisotopic (exact) mass is 363 g/mol. The van der Waals surface area contributed by atoms with Gasteiger partial charge >= 0.3 is 0 Å². The van der Waals surface area contributed by atoms with Crippen LogP contribution in [-0.2, 0) is 0 Å². The highest BCUT2D eigenvalue weighted by atomic mass is 16.6. The number of nitrogens with zero attached hydrogens (tertiary/aromatic N) is 2. The van der Waals surface area contributed by atoms with Crippen molar-refractivity contribution in [1.82, 2.24) is 5.32 Å². The molecule has 3 rings (SSSR count). The Morgan fingerprint density at radius 1 is 1.04 bits per heavy atom. The van der Waals surface area contributed by atoms with Crippen LogP contribution in [-0.4, -0.2) is 24.9 Å². The van der Waals surface area contributed by atoms with Gasteiger partial charge in [-0.25, -0.2) is 0 Å². The molecule has 6 nitrogen and oxygen atoms in total. The molecule has 0 spiro atoms. The fourth-order valence-electron chi connectivity index (χ4n) is 3.03. The second-order valence-electron chi connectivity index (χ2n) is 6.66. The number of rotatable bonds is 5. The first-order valence-electron chi connectivity index (χ1n) is 8.62. The zero-order valence-electron chi connectivity index (χ0n) is 15.5. The van der Waals surface area contributed by atoms with Crippen molar-refractivity contribution in [3.05, 3.63) is 81.9 Å². The number of hydrogen-bond acceptors (Lipinski definition) is 4. The Hall–Kier alpha value is -3.41. The first kappa shape index (κ1) is 18.4. The zero-order chi connectivity index (χ0) is 19.6. The molecule has 0 heterocycles. The average molecular weight is 363 g/mol. The molecule has 0 saturated carbocycles. The van der Waals surface area contributed by atoms with Crippen molar-refractivity contribution in [2.45, 2.75) is 13.0 Å². The third-order valence-electron chi connectivity index (χ3n) is 4.54. The lowest BCUT2D eigenvalue weighted by molar-refractivity contribution is -0.384. The molecule has 0 aromatic heterocycles. The van der Waals surface area contributed by atoms with Crippen molar-refractivity contribution >= 4 is 28.1 Å². The largest absolute Gasteiger partial charge is 0.372 e. The maximum atomic E-state index is 12.6. The molecule has 0 aliphatic rings. The molecule has 0 aliphatic heterocycles. The summed E-state index contributed by atoms with van der Waals surface area (Å²) in [6.07, 6.45) is 0. The molecule has 1 atom stereocenters. The fraction of sp³-hybridized carbons (Fsp3) is 0.190. The standard InChI is InChI=1S/C21H21N3O3/c1-14(16-9-8-15-6-4-5-7-17(15)12-16)22-21(25)18-10-11-19(23(2)3)20(13-18)24(26)27/h4-14H,1-3H3,(H,22,25). The van der Waals surface area contributed by atoms with Gasteiger partial charge in [-0.15, -0.1) is 0 Å². The van der Waals surface area contributed by atoms with E-state index in [1.807, 2.05) is 49.4 Å². The number of anilines is 1. The number of amides is 1. The summed E-state index contributed by atoms with van der Waals surface area (Å²) in [7, 11) is 3.45. The molecule has 138 valence electrons. The van der Waals surface area contributed by atoms with Crippen LogP contribution >= 0.6 is 0 Å². The van der Waals surface area contributed by atoms with Crippen LogP contribution in [0.25, 0.3) is 10.8 Å². The minimum Gasteiger partial charge on any atom is -0.372 e. The Labute approximate surface area is 157 Å². The van der Waals surface area contributed by atoms with Crippen LogP contribution in [0, 0.1) is 10.1 Å². The molecule has 0 saturated heterocycles. The molecule has 0 aliphatic carbocycles. The van der Waals surface area contributed by atoms with Gasteiger partial charge in [-0.2, -0.15) is 0 Å². The van der Waals surface area contributed by atoms with Crippen LogP contribution < -0.4 is 10.2 Å². The number of nitro benzene ring substituents is 1. The second kappa shape index (κ2) is 7.45. The van der Waals surface area contributed by atoms with Gasteiger partial charge in [-0.1, -0.05) is 36.4 Å². The number of fused-ring (bicyclic) bond motifs is 1. The molecule has 1 N–H and O–H groups in total. The summed E-state index contributed by atoms with van der Waals surface area (Å²) in [5, 5.41) is 16.5. The van der Waals surface area contributed by atoms with Gasteiger partial charge in [0.05, 0.1) is 11.0 Å². The summed E-state index contributed by atoms with van der Waals surface area (Å²) in [6, 6.07) is 18.3. The highest BCUT2D eigenvalue weighted by Crippen LogP contribution is 2.28. The maximum Gasteiger partial charge on any atom is 0.293 e. The lowest BCUT2D eigenvalue weighted by atomic mass is 10.0. The smallest absolute Gasteiger partial charge is 0.293 e. The molecule has 1 amide bonds. The number of nitro groups is 1. The Morgan fingerprint density at radius 3 is 2.41 bits per heavy atom. The number of carbonyl (C=O) groups excluding carboxylic acids is 1. The van der Waals surface area contributed by atoms with Crippen molar-refractivity contribution in [2.75, 3.05) is 19.0 Å². The summed E-state index contributed by atoms with van der Waals surface area (Å²) in [6.45, 7) is 1.89. The van der Waals surface area contributed by atoms with Crippen LogP contribution in [0.3, 0.4) is 0 Å². The molecule has 0 radical (unpaired) electrons. The highest BCUT2D eigenvalue weighted by molar-refractivity contribution is 5.96. The summed E-state index contributed by atoms with van der Waals surface area (Å²) >= 11 is 0. The average Bonchev–Trinajstić information content (AvgIpc) is 2.66. The van der Waals surface area contributed by atoms with Gasteiger partial charge in [0.1, 0.15) is 5.69 Å². The molecule has 3 aromatic rings. The minimum absolute atomic E-state index is 0.0917. The van der Waals surface area contributed by atoms with E-state index < -0.39 is 4.92 Å². The lowest BCUT2D eigenvalue weighted by Gasteiger charge is -2.16. The minimum atomic E-state index is -0.473. The predicted octanol–water partition coefficient (Wildman–Crippen LogP) is 4.31. The lowest BCUT2D eigenvalue weighted by Crippen LogP contribution is -2.26. The highest BCUT2D eigenvalue weighted by Gasteiger charge is 2.20. The van der Waals surface area contributed by atoms with Crippen LogP contribution in [0.2, 0.25) is 0 Å². The Kier molecular flexibility index (Phi) is 5.07. The quantitative estimate of drug-likeness (QED) is 0.541. The third kappa shape index (κ3) is 3.89. The molecule has 6 heteroatoms. The summed E-state index contributed by atoms with van der Waals surface area (Å²) in [4.78, 5) is 25.1. The Balaban J connectivity index is 1.83. The summed E-state index contributed by atoms with van der Waals surface area (Å²) < 4.78 is 0. The van der Waals surface area contributed by atoms with Gasteiger partial charge in [0.15, 0.2) is 0 Å². The van der Waals surface area contributed by atoms with Crippen molar-refractivity contribution in [3.8, 4) is 0 Å². The number of carbonyl (C=O) groups is 1. The summed E-state index contributed by atoms with van der Waals surface area (Å²) in [5.41, 5.74) is 1.60. The zero-order valence-corrected chi connectivity index (χ0v) is 15.5. The molecule has 3 aromatic carbocycles. The first-order valence-corrected chi connectivity index (χ1v) is 8.62. The fourth-order valence-corrected chi connectivity index (χ4v) is 3.03. The first-order chi connectivity index (χ1) is 12.9. The van der Waals surface area contributed by atoms with Crippen LogP contribution in [0.5, 0.6) is 0 Å². The van der Waals surface area contributed by atoms with Gasteiger partial charge < -0.3 is 10.2 Å². The molecule has 27 heavy (non-hydrogen) atoms. The van der Waals surface area contributed by atoms with Gasteiger partial charge in [-0.3, -0.25) is 14.9 Å². The maximum absolute atomic E-state index is 12.6. The summed E-state index contributed by atoms with van der Waals surface area (Å²) in [5.74, 6) is -0.343. The van der Waals surface area contributed by atoms with Gasteiger partial charge in [0, 0.05) is 25.7 Å². The Bertz CT molecular complexity index is 1010. The van der Waals surface area contributed by atoms with E-state index in [2.05, 4.69) is 5.32 Å². The molecular formula is C21H21N3O3. The van der Waals surface area contributed by atoms with E-state index in [1.54, 1.807) is 31.1 Å². The second-order valence-corrected chi connectivity index (χ2v) is 6.66. The van der Waals surface area contributed by atoms with Gasteiger partial charge in [-0.05, 0) is 41.5 Å². The van der Waals surface area contributed by atoms with E-state index in [9.17, 15) is 14.9 Å². The van der Waals surface area contributed by atoms with Crippen molar-refractivity contribution in [1.29, 1.82) is 0 Å². The van der Waals surface area contributed by atoms with Crippen molar-refractivity contribution in [3.63, 3.8) is 0 Å². The van der Waals surface area contributed by atoms with E-state index in [4.69, 9.17) is 0 Å². The SMILES string of the molecule is CC(NC(=O)c1ccc(N(C)C)c([N+](=O)[O-])c1)c1ccc2ccccc2c1. The van der Waals surface area contributed by atoms with Crippen molar-refractivity contribution < 1.29 is 9.72 Å².